The number of hydrogen-bond donors (Lipinski definition) is 0. The summed E-state index contributed by atoms with van der Waals surface area (Å²) in [5.41, 5.74) is 2.32. The molecule has 7 nitrogen and oxygen atoms in total. The number of carbonyl (C=O) groups is 2. The third kappa shape index (κ3) is 3.09. The molecule has 1 fully saturated rings. The van der Waals surface area contributed by atoms with Gasteiger partial charge in [-0.05, 0) is 25.8 Å². The lowest BCUT2D eigenvalue weighted by Crippen LogP contribution is -2.38. The van der Waals surface area contributed by atoms with Crippen molar-refractivity contribution in [2.45, 2.75) is 25.7 Å². The van der Waals surface area contributed by atoms with Gasteiger partial charge in [-0.2, -0.15) is 0 Å². The number of aryl methyl sites for hydroxylation is 1. The first kappa shape index (κ1) is 17.3. The molecule has 4 rings (SSSR count). The predicted molar refractivity (Wildman–Crippen MR) is 96.7 cm³/mol. The minimum absolute atomic E-state index is 0.0856. The van der Waals surface area contributed by atoms with Crippen LogP contribution in [-0.4, -0.2) is 42.1 Å². The van der Waals surface area contributed by atoms with Gasteiger partial charge in [-0.15, -0.1) is 0 Å². The Morgan fingerprint density at radius 1 is 1.22 bits per heavy atom. The molecule has 0 spiro atoms. The Morgan fingerprint density at radius 2 is 1.96 bits per heavy atom. The Hall–Kier alpha value is -3.09. The lowest BCUT2D eigenvalue weighted by molar-refractivity contribution is 0.0553. The maximum atomic E-state index is 12.9. The Kier molecular flexibility index (Phi) is 4.43. The molecule has 1 amide bonds. The van der Waals surface area contributed by atoms with E-state index >= 15 is 0 Å². The van der Waals surface area contributed by atoms with E-state index in [-0.39, 0.29) is 17.6 Å². The van der Waals surface area contributed by atoms with Crippen LogP contribution >= 0.6 is 0 Å². The van der Waals surface area contributed by atoms with Crippen LogP contribution in [0.15, 0.2) is 39.3 Å². The van der Waals surface area contributed by atoms with Gasteiger partial charge in [0.2, 0.25) is 5.76 Å². The third-order valence-corrected chi connectivity index (χ3v) is 5.15. The molecular formula is C20H20N2O5. The highest BCUT2D eigenvalue weighted by molar-refractivity contribution is 5.99. The minimum atomic E-state index is -0.540. The smallest absolute Gasteiger partial charge is 0.376 e. The summed E-state index contributed by atoms with van der Waals surface area (Å²) in [6, 6.07) is 9.28. The van der Waals surface area contributed by atoms with E-state index in [2.05, 4.69) is 9.89 Å². The number of esters is 1. The highest BCUT2D eigenvalue weighted by atomic mass is 16.5. The number of amides is 1. The molecule has 3 heterocycles. The van der Waals surface area contributed by atoms with Crippen LogP contribution in [0.3, 0.4) is 0 Å². The van der Waals surface area contributed by atoms with Crippen molar-refractivity contribution >= 4 is 22.8 Å². The number of furan rings is 1. The summed E-state index contributed by atoms with van der Waals surface area (Å²) in [5, 5.41) is 4.95. The average molecular weight is 368 g/mol. The van der Waals surface area contributed by atoms with E-state index in [0.717, 1.165) is 35.1 Å². The van der Waals surface area contributed by atoms with Crippen LogP contribution in [0.5, 0.6) is 0 Å². The van der Waals surface area contributed by atoms with Gasteiger partial charge in [0, 0.05) is 36.0 Å². The van der Waals surface area contributed by atoms with Gasteiger partial charge in [0.1, 0.15) is 5.58 Å². The average Bonchev–Trinajstić information content (AvgIpc) is 3.33. The molecule has 1 aromatic carbocycles. The first-order valence-electron chi connectivity index (χ1n) is 8.91. The van der Waals surface area contributed by atoms with Gasteiger partial charge < -0.3 is 18.6 Å². The van der Waals surface area contributed by atoms with Crippen LogP contribution in [0.1, 0.15) is 51.1 Å². The zero-order valence-corrected chi connectivity index (χ0v) is 15.2. The summed E-state index contributed by atoms with van der Waals surface area (Å²) in [6.45, 7) is 3.11. The highest BCUT2D eigenvalue weighted by Gasteiger charge is 2.30. The molecule has 1 saturated heterocycles. The molecule has 0 atom stereocenters. The Bertz CT molecular complexity index is 995. The second kappa shape index (κ2) is 6.90. The third-order valence-electron chi connectivity index (χ3n) is 5.15. The molecule has 0 aliphatic carbocycles. The number of piperidine rings is 1. The van der Waals surface area contributed by atoms with E-state index in [9.17, 15) is 9.59 Å². The monoisotopic (exact) mass is 368 g/mol. The van der Waals surface area contributed by atoms with Crippen molar-refractivity contribution in [1.29, 1.82) is 0 Å². The van der Waals surface area contributed by atoms with Gasteiger partial charge in [0.25, 0.3) is 5.91 Å². The van der Waals surface area contributed by atoms with Gasteiger partial charge >= 0.3 is 5.97 Å². The van der Waals surface area contributed by atoms with Crippen molar-refractivity contribution in [3.63, 3.8) is 0 Å². The first-order valence-corrected chi connectivity index (χ1v) is 8.91. The summed E-state index contributed by atoms with van der Waals surface area (Å²) in [7, 11) is 1.30. The van der Waals surface area contributed by atoms with Gasteiger partial charge in [0.05, 0.1) is 12.8 Å². The van der Waals surface area contributed by atoms with Crippen LogP contribution in [-0.2, 0) is 4.74 Å². The number of methoxy groups -OCH3 is 1. The van der Waals surface area contributed by atoms with E-state index in [0.29, 0.717) is 18.8 Å². The number of para-hydroxylation sites is 1. The van der Waals surface area contributed by atoms with E-state index in [1.165, 1.54) is 7.11 Å². The molecule has 0 unspecified atom stereocenters. The van der Waals surface area contributed by atoms with Crippen LogP contribution in [0.4, 0.5) is 0 Å². The SMILES string of the molecule is COC(=O)c1cc(C2CCN(C(=O)c3oc4ccccc4c3C)CC2)no1. The number of aromatic nitrogens is 1. The second-order valence-corrected chi connectivity index (χ2v) is 6.73. The molecule has 2 aromatic heterocycles. The summed E-state index contributed by atoms with van der Waals surface area (Å²) in [4.78, 5) is 26.2. The molecule has 0 saturated carbocycles. The van der Waals surface area contributed by atoms with Crippen LogP contribution in [0, 0.1) is 6.92 Å². The quantitative estimate of drug-likeness (QED) is 0.657. The van der Waals surface area contributed by atoms with Crippen molar-refractivity contribution in [2.24, 2.45) is 0 Å². The Balaban J connectivity index is 1.45. The first-order chi connectivity index (χ1) is 13.1. The summed E-state index contributed by atoms with van der Waals surface area (Å²) in [6.07, 6.45) is 1.50. The highest BCUT2D eigenvalue weighted by Crippen LogP contribution is 2.31. The standard InChI is InChI=1S/C20H20N2O5/c1-12-14-5-3-4-6-16(14)26-18(12)19(23)22-9-7-13(8-10-22)15-11-17(27-21-15)20(24)25-2/h3-6,11,13H,7-10H2,1-2H3. The molecule has 0 radical (unpaired) electrons. The maximum absolute atomic E-state index is 12.9. The molecule has 1 aliphatic heterocycles. The summed E-state index contributed by atoms with van der Waals surface area (Å²) < 4.78 is 15.5. The normalized spacial score (nSPS) is 15.3. The van der Waals surface area contributed by atoms with Crippen molar-refractivity contribution in [2.75, 3.05) is 20.2 Å². The van der Waals surface area contributed by atoms with Gasteiger partial charge in [-0.25, -0.2) is 4.79 Å². The molecule has 7 heteroatoms. The Morgan fingerprint density at radius 3 is 2.67 bits per heavy atom. The van der Waals surface area contributed by atoms with Gasteiger partial charge in [0.15, 0.2) is 5.76 Å². The number of likely N-dealkylation sites (tertiary alicyclic amines) is 1. The van der Waals surface area contributed by atoms with Crippen LogP contribution in [0.25, 0.3) is 11.0 Å². The van der Waals surface area contributed by atoms with E-state index < -0.39 is 5.97 Å². The molecule has 0 bridgehead atoms. The molecule has 27 heavy (non-hydrogen) atoms. The van der Waals surface area contributed by atoms with E-state index in [1.54, 1.807) is 6.07 Å². The molecule has 140 valence electrons. The van der Waals surface area contributed by atoms with Crippen LogP contribution in [0.2, 0.25) is 0 Å². The van der Waals surface area contributed by atoms with Gasteiger partial charge in [-0.1, -0.05) is 23.4 Å². The number of fused-ring (bicyclic) bond motifs is 1. The Labute approximate surface area is 155 Å². The molecule has 3 aromatic rings. The van der Waals surface area contributed by atoms with Crippen molar-refractivity contribution in [1.82, 2.24) is 10.1 Å². The zero-order chi connectivity index (χ0) is 19.0. The fourth-order valence-corrected chi connectivity index (χ4v) is 3.58. The number of hydrogen-bond acceptors (Lipinski definition) is 6. The van der Waals surface area contributed by atoms with Crippen LogP contribution < -0.4 is 0 Å². The molecule has 1 aliphatic rings. The maximum Gasteiger partial charge on any atom is 0.376 e. The fraction of sp³-hybridized carbons (Fsp3) is 0.350. The van der Waals surface area contributed by atoms with Crippen molar-refractivity contribution in [3.8, 4) is 0 Å². The fourth-order valence-electron chi connectivity index (χ4n) is 3.58. The second-order valence-electron chi connectivity index (χ2n) is 6.73. The molecular weight excluding hydrogens is 348 g/mol. The van der Waals surface area contributed by atoms with Crippen molar-refractivity contribution in [3.05, 3.63) is 53.1 Å². The van der Waals surface area contributed by atoms with Gasteiger partial charge in [-0.3, -0.25) is 4.79 Å². The minimum Gasteiger partial charge on any atom is -0.463 e. The topological polar surface area (TPSA) is 85.8 Å². The van der Waals surface area contributed by atoms with E-state index in [4.69, 9.17) is 8.94 Å². The van der Waals surface area contributed by atoms with Crippen molar-refractivity contribution < 1.29 is 23.3 Å². The number of benzene rings is 1. The molecule has 0 N–H and O–H groups in total. The van der Waals surface area contributed by atoms with E-state index in [1.807, 2.05) is 36.1 Å². The lowest BCUT2D eigenvalue weighted by atomic mass is 9.93. The number of nitrogens with zero attached hydrogens (tertiary/aromatic N) is 2. The summed E-state index contributed by atoms with van der Waals surface area (Å²) >= 11 is 0. The predicted octanol–water partition coefficient (Wildman–Crippen LogP) is 3.54. The largest absolute Gasteiger partial charge is 0.463 e. The number of ether oxygens (including phenoxy) is 1. The number of rotatable bonds is 3. The number of carbonyl (C=O) groups excluding carboxylic acids is 2. The summed E-state index contributed by atoms with van der Waals surface area (Å²) in [5.74, 6) is 0.0280. The lowest BCUT2D eigenvalue weighted by Gasteiger charge is -2.30. The zero-order valence-electron chi connectivity index (χ0n) is 15.2.